The molecule has 0 atom stereocenters. The monoisotopic (exact) mass is 327 g/mol. The fraction of sp³-hybridized carbons (Fsp3) is 0.263. The summed E-state index contributed by atoms with van der Waals surface area (Å²) >= 11 is 0. The maximum absolute atomic E-state index is 11.8. The van der Waals surface area contributed by atoms with E-state index in [4.69, 9.17) is 4.74 Å². The van der Waals surface area contributed by atoms with Crippen molar-refractivity contribution in [1.29, 1.82) is 0 Å². The van der Waals surface area contributed by atoms with E-state index in [9.17, 15) is 9.59 Å². The molecule has 0 bridgehead atoms. The van der Waals surface area contributed by atoms with Gasteiger partial charge in [-0.3, -0.25) is 4.79 Å². The van der Waals surface area contributed by atoms with E-state index < -0.39 is 0 Å². The summed E-state index contributed by atoms with van der Waals surface area (Å²) in [6.45, 7) is 0.894. The van der Waals surface area contributed by atoms with E-state index in [0.29, 0.717) is 31.6 Å². The number of amides is 1. The predicted octanol–water partition coefficient (Wildman–Crippen LogP) is 2.60. The second-order valence-electron chi connectivity index (χ2n) is 5.20. The lowest BCUT2D eigenvalue weighted by Gasteiger charge is -2.07. The van der Waals surface area contributed by atoms with Crippen molar-refractivity contribution in [3.63, 3.8) is 0 Å². The van der Waals surface area contributed by atoms with E-state index in [1.165, 1.54) is 7.11 Å². The average Bonchev–Trinajstić information content (AvgIpc) is 2.62. The SMILES string of the molecule is COC(=O)c1ccc(CCNC(=O)CCOc2ccccc2)cc1. The number of rotatable bonds is 8. The maximum Gasteiger partial charge on any atom is 0.337 e. The zero-order valence-electron chi connectivity index (χ0n) is 13.7. The number of carbonyl (C=O) groups is 2. The average molecular weight is 327 g/mol. The Hall–Kier alpha value is -2.82. The van der Waals surface area contributed by atoms with Crippen LogP contribution in [0, 0.1) is 0 Å². The summed E-state index contributed by atoms with van der Waals surface area (Å²) in [5, 5.41) is 2.86. The highest BCUT2D eigenvalue weighted by molar-refractivity contribution is 5.89. The molecule has 0 aliphatic heterocycles. The van der Waals surface area contributed by atoms with Gasteiger partial charge in [0.05, 0.1) is 25.7 Å². The van der Waals surface area contributed by atoms with Crippen molar-refractivity contribution in [3.05, 3.63) is 65.7 Å². The van der Waals surface area contributed by atoms with E-state index in [1.807, 2.05) is 42.5 Å². The molecule has 5 heteroatoms. The van der Waals surface area contributed by atoms with Gasteiger partial charge in [-0.15, -0.1) is 0 Å². The van der Waals surface area contributed by atoms with E-state index in [0.717, 1.165) is 11.3 Å². The van der Waals surface area contributed by atoms with Crippen LogP contribution in [-0.2, 0) is 16.0 Å². The van der Waals surface area contributed by atoms with Crippen molar-refractivity contribution in [2.45, 2.75) is 12.8 Å². The lowest BCUT2D eigenvalue weighted by Crippen LogP contribution is -2.27. The first-order valence-corrected chi connectivity index (χ1v) is 7.81. The number of methoxy groups -OCH3 is 1. The van der Waals surface area contributed by atoms with Crippen molar-refractivity contribution < 1.29 is 19.1 Å². The smallest absolute Gasteiger partial charge is 0.337 e. The molecule has 126 valence electrons. The van der Waals surface area contributed by atoms with Gasteiger partial charge in [0.25, 0.3) is 0 Å². The van der Waals surface area contributed by atoms with Crippen LogP contribution in [0.5, 0.6) is 5.75 Å². The molecule has 0 aliphatic rings. The number of carbonyl (C=O) groups excluding carboxylic acids is 2. The first kappa shape index (κ1) is 17.5. The van der Waals surface area contributed by atoms with Crippen molar-refractivity contribution in [2.75, 3.05) is 20.3 Å². The molecule has 0 fully saturated rings. The molecule has 0 saturated heterocycles. The summed E-state index contributed by atoms with van der Waals surface area (Å²) in [7, 11) is 1.35. The van der Waals surface area contributed by atoms with Crippen LogP contribution in [0.2, 0.25) is 0 Å². The van der Waals surface area contributed by atoms with Gasteiger partial charge in [-0.25, -0.2) is 4.79 Å². The second-order valence-corrected chi connectivity index (χ2v) is 5.20. The van der Waals surface area contributed by atoms with Crippen LogP contribution < -0.4 is 10.1 Å². The van der Waals surface area contributed by atoms with E-state index in [2.05, 4.69) is 10.1 Å². The Morgan fingerprint density at radius 2 is 1.71 bits per heavy atom. The maximum atomic E-state index is 11.8. The number of hydrogen-bond acceptors (Lipinski definition) is 4. The number of ether oxygens (including phenoxy) is 2. The molecule has 0 spiro atoms. The van der Waals surface area contributed by atoms with Gasteiger partial charge in [0.15, 0.2) is 0 Å². The van der Waals surface area contributed by atoms with Gasteiger partial charge < -0.3 is 14.8 Å². The minimum absolute atomic E-state index is 0.0443. The number of esters is 1. The normalized spacial score (nSPS) is 10.0. The Kier molecular flexibility index (Phi) is 6.83. The third-order valence-corrected chi connectivity index (χ3v) is 3.45. The Labute approximate surface area is 141 Å². The summed E-state index contributed by atoms with van der Waals surface area (Å²) < 4.78 is 10.1. The minimum Gasteiger partial charge on any atom is -0.493 e. The summed E-state index contributed by atoms with van der Waals surface area (Å²) in [4.78, 5) is 23.1. The van der Waals surface area contributed by atoms with Gasteiger partial charge in [0, 0.05) is 6.54 Å². The molecule has 5 nitrogen and oxygen atoms in total. The molecule has 0 aliphatic carbocycles. The van der Waals surface area contributed by atoms with Gasteiger partial charge in [-0.05, 0) is 36.2 Å². The molecule has 2 aromatic carbocycles. The number of benzene rings is 2. The fourth-order valence-electron chi connectivity index (χ4n) is 2.14. The minimum atomic E-state index is -0.353. The van der Waals surface area contributed by atoms with Crippen molar-refractivity contribution in [1.82, 2.24) is 5.32 Å². The molecule has 1 amide bonds. The zero-order valence-corrected chi connectivity index (χ0v) is 13.7. The molecule has 2 rings (SSSR count). The first-order chi connectivity index (χ1) is 11.7. The molecular weight excluding hydrogens is 306 g/mol. The van der Waals surface area contributed by atoms with E-state index in [1.54, 1.807) is 12.1 Å². The predicted molar refractivity (Wildman–Crippen MR) is 91.0 cm³/mol. The van der Waals surface area contributed by atoms with Gasteiger partial charge in [0.1, 0.15) is 5.75 Å². The number of hydrogen-bond donors (Lipinski definition) is 1. The molecule has 24 heavy (non-hydrogen) atoms. The number of nitrogens with one attached hydrogen (secondary N) is 1. The third kappa shape index (κ3) is 5.76. The Balaban J connectivity index is 1.64. The van der Waals surface area contributed by atoms with Crippen molar-refractivity contribution in [3.8, 4) is 5.75 Å². The van der Waals surface area contributed by atoms with Gasteiger partial charge in [-0.1, -0.05) is 30.3 Å². The molecule has 0 radical (unpaired) electrons. The Morgan fingerprint density at radius 1 is 1.00 bits per heavy atom. The first-order valence-electron chi connectivity index (χ1n) is 7.81. The quantitative estimate of drug-likeness (QED) is 0.757. The summed E-state index contributed by atoms with van der Waals surface area (Å²) in [6, 6.07) is 16.6. The molecule has 2 aromatic rings. The molecule has 0 unspecified atom stereocenters. The highest BCUT2D eigenvalue weighted by Gasteiger charge is 2.05. The Bertz CT molecular complexity index is 653. The van der Waals surface area contributed by atoms with Crippen molar-refractivity contribution >= 4 is 11.9 Å². The van der Waals surface area contributed by atoms with Crippen LogP contribution in [0.1, 0.15) is 22.3 Å². The third-order valence-electron chi connectivity index (χ3n) is 3.45. The van der Waals surface area contributed by atoms with E-state index in [-0.39, 0.29) is 11.9 Å². The second kappa shape index (κ2) is 9.35. The lowest BCUT2D eigenvalue weighted by atomic mass is 10.1. The fourth-order valence-corrected chi connectivity index (χ4v) is 2.14. The van der Waals surface area contributed by atoms with Crippen molar-refractivity contribution in [2.24, 2.45) is 0 Å². The van der Waals surface area contributed by atoms with Gasteiger partial charge >= 0.3 is 5.97 Å². The standard InChI is InChI=1S/C19H21NO4/c1-23-19(22)16-9-7-15(8-10-16)11-13-20-18(21)12-14-24-17-5-3-2-4-6-17/h2-10H,11-14H2,1H3,(H,20,21). The van der Waals surface area contributed by atoms with Gasteiger partial charge in [-0.2, -0.15) is 0 Å². The van der Waals surface area contributed by atoms with E-state index >= 15 is 0 Å². The summed E-state index contributed by atoms with van der Waals surface area (Å²) in [6.07, 6.45) is 1.02. The topological polar surface area (TPSA) is 64.6 Å². The van der Waals surface area contributed by atoms with Crippen LogP contribution in [0.25, 0.3) is 0 Å². The molecule has 1 N–H and O–H groups in total. The summed E-state index contributed by atoms with van der Waals surface area (Å²) in [5.41, 5.74) is 1.56. The molecule has 0 saturated carbocycles. The highest BCUT2D eigenvalue weighted by Crippen LogP contribution is 2.08. The van der Waals surface area contributed by atoms with Gasteiger partial charge in [0.2, 0.25) is 5.91 Å². The van der Waals surface area contributed by atoms with Crippen LogP contribution >= 0.6 is 0 Å². The highest BCUT2D eigenvalue weighted by atomic mass is 16.5. The lowest BCUT2D eigenvalue weighted by molar-refractivity contribution is -0.121. The van der Waals surface area contributed by atoms with Crippen LogP contribution in [0.3, 0.4) is 0 Å². The number of para-hydroxylation sites is 1. The van der Waals surface area contributed by atoms with Crippen LogP contribution in [0.4, 0.5) is 0 Å². The molecule has 0 heterocycles. The van der Waals surface area contributed by atoms with Crippen LogP contribution in [-0.4, -0.2) is 32.1 Å². The Morgan fingerprint density at radius 3 is 2.38 bits per heavy atom. The summed E-state index contributed by atoms with van der Waals surface area (Å²) in [5.74, 6) is 0.362. The molecular formula is C19H21NO4. The zero-order chi connectivity index (χ0) is 17.2. The van der Waals surface area contributed by atoms with Crippen LogP contribution in [0.15, 0.2) is 54.6 Å². The molecule has 0 aromatic heterocycles. The largest absolute Gasteiger partial charge is 0.493 e.